The van der Waals surface area contributed by atoms with E-state index in [0.717, 1.165) is 10.5 Å². The Morgan fingerprint density at radius 3 is 2.35 bits per heavy atom. The highest BCUT2D eigenvalue weighted by molar-refractivity contribution is 7.98. The van der Waals surface area contributed by atoms with Gasteiger partial charge in [0.1, 0.15) is 5.75 Å². The maximum Gasteiger partial charge on any atom is 0.573 e. The van der Waals surface area contributed by atoms with Crippen LogP contribution in [0.15, 0.2) is 53.4 Å². The van der Waals surface area contributed by atoms with E-state index in [1.54, 1.807) is 30.0 Å². The number of ether oxygens (including phenoxy) is 1. The first-order valence-corrected chi connectivity index (χ1v) is 6.74. The number of anilines is 1. The first-order valence-electron chi connectivity index (χ1n) is 5.75. The second-order valence-corrected chi connectivity index (χ2v) is 5.10. The zero-order chi connectivity index (χ0) is 14.6. The SMILES string of the molecule is Nc1cccc(SCc2ccc(OC(F)(F)F)cc2)c1. The van der Waals surface area contributed by atoms with Gasteiger partial charge in [-0.1, -0.05) is 18.2 Å². The van der Waals surface area contributed by atoms with Crippen molar-refractivity contribution >= 4 is 17.4 Å². The largest absolute Gasteiger partial charge is 0.573 e. The number of halogens is 3. The highest BCUT2D eigenvalue weighted by atomic mass is 32.2. The number of nitrogen functional groups attached to an aromatic ring is 1. The highest BCUT2D eigenvalue weighted by Crippen LogP contribution is 2.27. The molecule has 0 heterocycles. The van der Waals surface area contributed by atoms with Crippen molar-refractivity contribution < 1.29 is 17.9 Å². The van der Waals surface area contributed by atoms with E-state index < -0.39 is 6.36 Å². The van der Waals surface area contributed by atoms with Gasteiger partial charge < -0.3 is 10.5 Å². The minimum Gasteiger partial charge on any atom is -0.406 e. The molecule has 0 aliphatic heterocycles. The Hall–Kier alpha value is -1.82. The molecule has 0 aliphatic carbocycles. The van der Waals surface area contributed by atoms with Gasteiger partial charge in [0.25, 0.3) is 0 Å². The van der Waals surface area contributed by atoms with Gasteiger partial charge in [0, 0.05) is 16.3 Å². The van der Waals surface area contributed by atoms with Crippen LogP contribution in [0.2, 0.25) is 0 Å². The Kier molecular flexibility index (Phi) is 4.44. The van der Waals surface area contributed by atoms with E-state index in [1.165, 1.54) is 12.1 Å². The van der Waals surface area contributed by atoms with Gasteiger partial charge in [-0.25, -0.2) is 0 Å². The number of rotatable bonds is 4. The first kappa shape index (κ1) is 14.6. The van der Waals surface area contributed by atoms with Gasteiger partial charge in [-0.2, -0.15) is 0 Å². The van der Waals surface area contributed by atoms with E-state index >= 15 is 0 Å². The molecule has 0 saturated heterocycles. The molecule has 0 radical (unpaired) electrons. The zero-order valence-corrected chi connectivity index (χ0v) is 11.2. The summed E-state index contributed by atoms with van der Waals surface area (Å²) in [6.45, 7) is 0. The van der Waals surface area contributed by atoms with Gasteiger partial charge in [0.2, 0.25) is 0 Å². The number of nitrogens with two attached hydrogens (primary N) is 1. The van der Waals surface area contributed by atoms with Crippen LogP contribution in [0.5, 0.6) is 5.75 Å². The summed E-state index contributed by atoms with van der Waals surface area (Å²) >= 11 is 1.56. The van der Waals surface area contributed by atoms with Crippen molar-refractivity contribution in [3.63, 3.8) is 0 Å². The van der Waals surface area contributed by atoms with E-state index in [0.29, 0.717) is 11.4 Å². The molecule has 2 nitrogen and oxygen atoms in total. The number of thioether (sulfide) groups is 1. The molecule has 0 spiro atoms. The lowest BCUT2D eigenvalue weighted by molar-refractivity contribution is -0.274. The van der Waals surface area contributed by atoms with E-state index in [9.17, 15) is 13.2 Å². The van der Waals surface area contributed by atoms with Gasteiger partial charge in [0.15, 0.2) is 0 Å². The lowest BCUT2D eigenvalue weighted by Gasteiger charge is -2.09. The van der Waals surface area contributed by atoms with Crippen LogP contribution in [0.3, 0.4) is 0 Å². The normalized spacial score (nSPS) is 11.3. The first-order chi connectivity index (χ1) is 9.42. The number of alkyl halides is 3. The molecule has 0 atom stereocenters. The molecule has 20 heavy (non-hydrogen) atoms. The van der Waals surface area contributed by atoms with Crippen molar-refractivity contribution in [1.82, 2.24) is 0 Å². The third-order valence-electron chi connectivity index (χ3n) is 2.42. The van der Waals surface area contributed by atoms with Crippen molar-refractivity contribution in [2.24, 2.45) is 0 Å². The van der Waals surface area contributed by atoms with Crippen LogP contribution < -0.4 is 10.5 Å². The second-order valence-electron chi connectivity index (χ2n) is 4.05. The van der Waals surface area contributed by atoms with Crippen molar-refractivity contribution in [3.05, 3.63) is 54.1 Å². The predicted molar refractivity (Wildman–Crippen MR) is 73.5 cm³/mol. The fraction of sp³-hybridized carbons (Fsp3) is 0.143. The van der Waals surface area contributed by atoms with E-state index in [2.05, 4.69) is 4.74 Å². The average molecular weight is 299 g/mol. The summed E-state index contributed by atoms with van der Waals surface area (Å²) in [5.41, 5.74) is 7.26. The monoisotopic (exact) mass is 299 g/mol. The molecule has 2 N–H and O–H groups in total. The maximum absolute atomic E-state index is 12.0. The Labute approximate surface area is 118 Å². The Balaban J connectivity index is 1.94. The van der Waals surface area contributed by atoms with Gasteiger partial charge in [0.05, 0.1) is 0 Å². The molecular formula is C14H12F3NOS. The van der Waals surface area contributed by atoms with Crippen LogP contribution in [0, 0.1) is 0 Å². The third kappa shape index (κ3) is 4.70. The summed E-state index contributed by atoms with van der Waals surface area (Å²) in [5, 5.41) is 0. The molecule has 6 heteroatoms. The highest BCUT2D eigenvalue weighted by Gasteiger charge is 2.30. The topological polar surface area (TPSA) is 35.2 Å². The predicted octanol–water partition coefficient (Wildman–Crippen LogP) is 4.46. The molecule has 0 unspecified atom stereocenters. The van der Waals surface area contributed by atoms with Crippen LogP contribution in [0.1, 0.15) is 5.56 Å². The zero-order valence-electron chi connectivity index (χ0n) is 10.4. The standard InChI is InChI=1S/C14H12F3NOS/c15-14(16,17)19-12-6-4-10(5-7-12)9-20-13-3-1-2-11(18)8-13/h1-8H,9,18H2. The fourth-order valence-electron chi connectivity index (χ4n) is 1.56. The average Bonchev–Trinajstić information content (AvgIpc) is 2.36. The van der Waals surface area contributed by atoms with Gasteiger partial charge in [-0.05, 0) is 35.9 Å². The van der Waals surface area contributed by atoms with Crippen LogP contribution in [0.4, 0.5) is 18.9 Å². The summed E-state index contributed by atoms with van der Waals surface area (Å²) in [5.74, 6) is 0.436. The number of benzene rings is 2. The smallest absolute Gasteiger partial charge is 0.406 e. The molecule has 2 rings (SSSR count). The van der Waals surface area contributed by atoms with Crippen molar-refractivity contribution in [1.29, 1.82) is 0 Å². The lowest BCUT2D eigenvalue weighted by Crippen LogP contribution is -2.16. The quantitative estimate of drug-likeness (QED) is 0.668. The maximum atomic E-state index is 12.0. The minimum absolute atomic E-state index is 0.213. The van der Waals surface area contributed by atoms with Crippen LogP contribution >= 0.6 is 11.8 Å². The van der Waals surface area contributed by atoms with E-state index in [-0.39, 0.29) is 5.75 Å². The van der Waals surface area contributed by atoms with Gasteiger partial charge in [-0.15, -0.1) is 24.9 Å². The van der Waals surface area contributed by atoms with E-state index in [1.807, 2.05) is 18.2 Å². The molecule has 0 aromatic heterocycles. The van der Waals surface area contributed by atoms with Gasteiger partial charge >= 0.3 is 6.36 Å². The molecule has 0 amide bonds. The molecule has 0 aliphatic rings. The van der Waals surface area contributed by atoms with Crippen LogP contribution in [-0.2, 0) is 5.75 Å². The molecule has 2 aromatic carbocycles. The summed E-state index contributed by atoms with van der Waals surface area (Å²) in [4.78, 5) is 1.01. The molecule has 106 valence electrons. The molecule has 0 saturated carbocycles. The van der Waals surface area contributed by atoms with E-state index in [4.69, 9.17) is 5.73 Å². The number of hydrogen-bond acceptors (Lipinski definition) is 3. The summed E-state index contributed by atoms with van der Waals surface area (Å²) in [6, 6.07) is 13.3. The Bertz CT molecular complexity index is 569. The molecular weight excluding hydrogens is 287 g/mol. The second kappa shape index (κ2) is 6.09. The summed E-state index contributed by atoms with van der Waals surface area (Å²) in [7, 11) is 0. The summed E-state index contributed by atoms with van der Waals surface area (Å²) < 4.78 is 39.8. The minimum atomic E-state index is -4.65. The van der Waals surface area contributed by atoms with Crippen LogP contribution in [-0.4, -0.2) is 6.36 Å². The molecule has 0 fully saturated rings. The van der Waals surface area contributed by atoms with Crippen molar-refractivity contribution in [2.75, 3.05) is 5.73 Å². The number of hydrogen-bond donors (Lipinski definition) is 1. The lowest BCUT2D eigenvalue weighted by atomic mass is 10.2. The molecule has 0 bridgehead atoms. The molecule has 2 aromatic rings. The fourth-order valence-corrected chi connectivity index (χ4v) is 2.48. The Morgan fingerprint density at radius 1 is 1.05 bits per heavy atom. The Morgan fingerprint density at radius 2 is 1.75 bits per heavy atom. The summed E-state index contributed by atoms with van der Waals surface area (Å²) in [6.07, 6.45) is -4.65. The third-order valence-corrected chi connectivity index (χ3v) is 3.49. The van der Waals surface area contributed by atoms with Crippen molar-refractivity contribution in [3.8, 4) is 5.75 Å². The van der Waals surface area contributed by atoms with Gasteiger partial charge in [-0.3, -0.25) is 0 Å². The van der Waals surface area contributed by atoms with Crippen molar-refractivity contribution in [2.45, 2.75) is 17.0 Å². The van der Waals surface area contributed by atoms with Crippen LogP contribution in [0.25, 0.3) is 0 Å².